The summed E-state index contributed by atoms with van der Waals surface area (Å²) in [6.45, 7) is 1.96. The summed E-state index contributed by atoms with van der Waals surface area (Å²) in [5, 5.41) is 7.73. The average molecular weight is 312 g/mol. The Morgan fingerprint density at radius 1 is 1.27 bits per heavy atom. The molecule has 1 heterocycles. The van der Waals surface area contributed by atoms with E-state index in [-0.39, 0.29) is 0 Å². The number of nitrogens with zero attached hydrogens (tertiary/aromatic N) is 2. The van der Waals surface area contributed by atoms with Gasteiger partial charge in [0.25, 0.3) is 0 Å². The van der Waals surface area contributed by atoms with E-state index in [4.69, 9.17) is 4.74 Å². The van der Waals surface area contributed by atoms with Crippen molar-refractivity contribution >= 4 is 22.6 Å². The van der Waals surface area contributed by atoms with Crippen molar-refractivity contribution in [2.75, 3.05) is 0 Å². The summed E-state index contributed by atoms with van der Waals surface area (Å²) < 4.78 is 6.66. The van der Waals surface area contributed by atoms with E-state index in [1.54, 1.807) is 6.20 Å². The zero-order valence-corrected chi connectivity index (χ0v) is 10.3. The van der Waals surface area contributed by atoms with Gasteiger partial charge in [-0.3, -0.25) is 0 Å². The van der Waals surface area contributed by atoms with Crippen LogP contribution in [0.5, 0.6) is 11.6 Å². The fourth-order valence-corrected chi connectivity index (χ4v) is 1.63. The molecule has 0 unspecified atom stereocenters. The van der Waals surface area contributed by atoms with Gasteiger partial charge in [-0.1, -0.05) is 12.1 Å². The molecule has 1 aromatic carbocycles. The Morgan fingerprint density at radius 3 is 2.80 bits per heavy atom. The summed E-state index contributed by atoms with van der Waals surface area (Å²) in [4.78, 5) is 0. The van der Waals surface area contributed by atoms with Crippen LogP contribution < -0.4 is 4.74 Å². The fraction of sp³-hybridized carbons (Fsp3) is 0.0909. The molecule has 2 aromatic rings. The van der Waals surface area contributed by atoms with Crippen molar-refractivity contribution in [1.82, 2.24) is 10.2 Å². The molecule has 76 valence electrons. The molecule has 2 rings (SSSR count). The van der Waals surface area contributed by atoms with E-state index >= 15 is 0 Å². The molecule has 1 aromatic heterocycles. The van der Waals surface area contributed by atoms with Crippen molar-refractivity contribution in [3.05, 3.63) is 45.7 Å². The lowest BCUT2D eigenvalue weighted by atomic mass is 10.3. The summed E-state index contributed by atoms with van der Waals surface area (Å²) >= 11 is 2.22. The fourth-order valence-electron chi connectivity index (χ4n) is 1.13. The number of halogens is 1. The Kier molecular flexibility index (Phi) is 3.15. The lowest BCUT2D eigenvalue weighted by Crippen LogP contribution is -1.92. The summed E-state index contributed by atoms with van der Waals surface area (Å²) in [6.07, 6.45) is 1.70. The third-order valence-corrected chi connectivity index (χ3v) is 2.71. The Bertz CT molecular complexity index is 474. The first-order valence-electron chi connectivity index (χ1n) is 4.47. The normalized spacial score (nSPS) is 10.0. The van der Waals surface area contributed by atoms with Crippen molar-refractivity contribution in [1.29, 1.82) is 0 Å². The van der Waals surface area contributed by atoms with Gasteiger partial charge >= 0.3 is 0 Å². The van der Waals surface area contributed by atoms with Crippen LogP contribution in [0.3, 0.4) is 0 Å². The van der Waals surface area contributed by atoms with Gasteiger partial charge in [-0.25, -0.2) is 0 Å². The standard InChI is InChI=1S/C11H9IN2O/c1-8-6-11(14-13-7-8)15-10-5-3-2-4-9(10)12/h2-7H,1H3. The number of aryl methyl sites for hydroxylation is 1. The highest BCUT2D eigenvalue weighted by Gasteiger charge is 2.02. The predicted octanol–water partition coefficient (Wildman–Crippen LogP) is 3.18. The molecule has 0 bridgehead atoms. The van der Waals surface area contributed by atoms with Gasteiger partial charge in [-0.2, -0.15) is 5.10 Å². The molecule has 0 atom stereocenters. The average Bonchev–Trinajstić information content (AvgIpc) is 2.22. The van der Waals surface area contributed by atoms with E-state index in [2.05, 4.69) is 32.8 Å². The highest BCUT2D eigenvalue weighted by molar-refractivity contribution is 14.1. The SMILES string of the molecule is Cc1cnnc(Oc2ccccc2I)c1. The van der Waals surface area contributed by atoms with E-state index in [1.807, 2.05) is 37.3 Å². The monoisotopic (exact) mass is 312 g/mol. The summed E-state index contributed by atoms with van der Waals surface area (Å²) in [7, 11) is 0. The van der Waals surface area contributed by atoms with Gasteiger partial charge in [0.2, 0.25) is 5.88 Å². The van der Waals surface area contributed by atoms with Crippen LogP contribution in [0.4, 0.5) is 0 Å². The molecule has 0 amide bonds. The topological polar surface area (TPSA) is 35.0 Å². The van der Waals surface area contributed by atoms with Crippen molar-refractivity contribution in [2.45, 2.75) is 6.92 Å². The Balaban J connectivity index is 2.26. The van der Waals surface area contributed by atoms with Gasteiger partial charge in [0.05, 0.1) is 9.77 Å². The minimum absolute atomic E-state index is 0.527. The number of benzene rings is 1. The maximum absolute atomic E-state index is 5.61. The Morgan fingerprint density at radius 2 is 2.07 bits per heavy atom. The molecule has 15 heavy (non-hydrogen) atoms. The van der Waals surface area contributed by atoms with Crippen LogP contribution in [-0.2, 0) is 0 Å². The van der Waals surface area contributed by atoms with Crippen LogP contribution in [-0.4, -0.2) is 10.2 Å². The molecule has 0 spiro atoms. The number of ether oxygens (including phenoxy) is 1. The molecular weight excluding hydrogens is 303 g/mol. The van der Waals surface area contributed by atoms with Gasteiger partial charge in [-0.15, -0.1) is 5.10 Å². The molecule has 0 fully saturated rings. The number of aromatic nitrogens is 2. The Hall–Kier alpha value is -1.17. The first-order chi connectivity index (χ1) is 7.25. The highest BCUT2D eigenvalue weighted by atomic mass is 127. The molecule has 0 aliphatic heterocycles. The summed E-state index contributed by atoms with van der Waals surface area (Å²) in [5.41, 5.74) is 1.03. The van der Waals surface area contributed by atoms with Crippen molar-refractivity contribution in [3.8, 4) is 11.6 Å². The molecular formula is C11H9IN2O. The lowest BCUT2D eigenvalue weighted by Gasteiger charge is -2.05. The van der Waals surface area contributed by atoms with Gasteiger partial charge in [-0.05, 0) is 47.2 Å². The largest absolute Gasteiger partial charge is 0.436 e. The second-order valence-corrected chi connectivity index (χ2v) is 4.27. The molecule has 0 aliphatic rings. The molecule has 3 nitrogen and oxygen atoms in total. The van der Waals surface area contributed by atoms with Crippen LogP contribution in [0.25, 0.3) is 0 Å². The molecule has 0 saturated heterocycles. The second-order valence-electron chi connectivity index (χ2n) is 3.10. The zero-order valence-electron chi connectivity index (χ0n) is 8.14. The first kappa shape index (κ1) is 10.4. The quantitative estimate of drug-likeness (QED) is 0.799. The van der Waals surface area contributed by atoms with Gasteiger partial charge in [0, 0.05) is 6.07 Å². The Labute approximate surface area is 102 Å². The minimum atomic E-state index is 0.527. The van der Waals surface area contributed by atoms with Crippen LogP contribution in [0.15, 0.2) is 36.5 Å². The highest BCUT2D eigenvalue weighted by Crippen LogP contribution is 2.24. The number of rotatable bonds is 2. The second kappa shape index (κ2) is 4.57. The third kappa shape index (κ3) is 2.65. The molecule has 0 aliphatic carbocycles. The molecule has 0 saturated carbocycles. The van der Waals surface area contributed by atoms with E-state index in [1.165, 1.54) is 0 Å². The predicted molar refractivity (Wildman–Crippen MR) is 66.0 cm³/mol. The zero-order chi connectivity index (χ0) is 10.7. The molecule has 4 heteroatoms. The van der Waals surface area contributed by atoms with E-state index in [0.717, 1.165) is 14.9 Å². The van der Waals surface area contributed by atoms with Crippen molar-refractivity contribution in [3.63, 3.8) is 0 Å². The van der Waals surface area contributed by atoms with Crippen LogP contribution in [0.2, 0.25) is 0 Å². The van der Waals surface area contributed by atoms with Gasteiger partial charge in [0.1, 0.15) is 5.75 Å². The molecule has 0 N–H and O–H groups in total. The smallest absolute Gasteiger partial charge is 0.239 e. The van der Waals surface area contributed by atoms with Crippen LogP contribution >= 0.6 is 22.6 Å². The van der Waals surface area contributed by atoms with E-state index in [0.29, 0.717) is 5.88 Å². The third-order valence-electron chi connectivity index (χ3n) is 1.82. The van der Waals surface area contributed by atoms with Crippen LogP contribution in [0, 0.1) is 10.5 Å². The maximum atomic E-state index is 5.61. The van der Waals surface area contributed by atoms with Crippen LogP contribution in [0.1, 0.15) is 5.56 Å². The molecule has 0 radical (unpaired) electrons. The summed E-state index contributed by atoms with van der Waals surface area (Å²) in [5.74, 6) is 1.33. The van der Waals surface area contributed by atoms with E-state index < -0.39 is 0 Å². The van der Waals surface area contributed by atoms with Gasteiger partial charge in [0.15, 0.2) is 0 Å². The number of hydrogen-bond donors (Lipinski definition) is 0. The van der Waals surface area contributed by atoms with Crippen molar-refractivity contribution < 1.29 is 4.74 Å². The number of para-hydroxylation sites is 1. The maximum Gasteiger partial charge on any atom is 0.239 e. The minimum Gasteiger partial charge on any atom is -0.436 e. The summed E-state index contributed by atoms with van der Waals surface area (Å²) in [6, 6.07) is 9.65. The van der Waals surface area contributed by atoms with E-state index in [9.17, 15) is 0 Å². The number of hydrogen-bond acceptors (Lipinski definition) is 3. The lowest BCUT2D eigenvalue weighted by molar-refractivity contribution is 0.451. The van der Waals surface area contributed by atoms with Gasteiger partial charge < -0.3 is 4.74 Å². The van der Waals surface area contributed by atoms with Crippen molar-refractivity contribution in [2.24, 2.45) is 0 Å². The first-order valence-corrected chi connectivity index (χ1v) is 5.55.